The number of carbonyl (C=O) groups excluding carboxylic acids is 1. The molecule has 0 saturated heterocycles. The van der Waals surface area contributed by atoms with E-state index >= 15 is 0 Å². The Balaban J connectivity index is 1.75. The zero-order chi connectivity index (χ0) is 17.6. The summed E-state index contributed by atoms with van der Waals surface area (Å²) < 4.78 is 7.24. The van der Waals surface area contributed by atoms with Crippen LogP contribution >= 0.6 is 11.8 Å². The molecule has 1 atom stereocenters. The maximum atomic E-state index is 12.3. The van der Waals surface area contributed by atoms with Gasteiger partial charge in [-0.3, -0.25) is 14.7 Å². The van der Waals surface area contributed by atoms with Crippen molar-refractivity contribution >= 4 is 23.6 Å². The first-order valence-corrected chi connectivity index (χ1v) is 8.39. The fourth-order valence-corrected chi connectivity index (χ4v) is 2.90. The van der Waals surface area contributed by atoms with E-state index in [9.17, 15) is 4.79 Å². The number of nitrogens with zero attached hydrogens (tertiary/aromatic N) is 5. The first kappa shape index (κ1) is 16.9. The lowest BCUT2D eigenvalue weighted by Crippen LogP contribution is -2.24. The van der Waals surface area contributed by atoms with Crippen molar-refractivity contribution in [2.75, 3.05) is 5.32 Å². The number of amides is 1. The van der Waals surface area contributed by atoms with E-state index in [1.54, 1.807) is 49.9 Å². The normalized spacial score (nSPS) is 11.9. The second-order valence-electron chi connectivity index (χ2n) is 5.00. The lowest BCUT2D eigenvalue weighted by Gasteiger charge is -2.11. The molecule has 3 aromatic rings. The number of anilines is 1. The van der Waals surface area contributed by atoms with Gasteiger partial charge in [-0.25, -0.2) is 9.97 Å². The van der Waals surface area contributed by atoms with Crippen LogP contribution in [0.4, 0.5) is 5.95 Å². The molecular weight excluding hydrogens is 340 g/mol. The number of thioether (sulfide) groups is 1. The average molecular weight is 356 g/mol. The zero-order valence-corrected chi connectivity index (χ0v) is 14.3. The third-order valence-electron chi connectivity index (χ3n) is 3.22. The molecule has 1 unspecified atom stereocenters. The monoisotopic (exact) mass is 356 g/mol. The van der Waals surface area contributed by atoms with Gasteiger partial charge in [-0.1, -0.05) is 17.8 Å². The van der Waals surface area contributed by atoms with Gasteiger partial charge in [-0.05, 0) is 25.1 Å². The minimum Gasteiger partial charge on any atom is -0.461 e. The highest BCUT2D eigenvalue weighted by molar-refractivity contribution is 8.00. The van der Waals surface area contributed by atoms with E-state index in [1.165, 1.54) is 11.8 Å². The predicted octanol–water partition coefficient (Wildman–Crippen LogP) is 2.63. The summed E-state index contributed by atoms with van der Waals surface area (Å²) in [5, 5.41) is 11.2. The van der Waals surface area contributed by atoms with Crippen molar-refractivity contribution in [2.24, 2.45) is 0 Å². The van der Waals surface area contributed by atoms with Crippen LogP contribution in [0.5, 0.6) is 0 Å². The molecule has 0 aliphatic carbocycles. The minimum atomic E-state index is -0.416. The SMILES string of the molecule is C=CCn1c(SC(C)C(=O)Nc2ncccn2)nnc1-c1ccco1. The van der Waals surface area contributed by atoms with Crippen molar-refractivity contribution in [3.05, 3.63) is 49.5 Å². The molecule has 8 nitrogen and oxygen atoms in total. The molecule has 9 heteroatoms. The Hall–Kier alpha value is -2.94. The highest BCUT2D eigenvalue weighted by Crippen LogP contribution is 2.27. The Labute approximate surface area is 148 Å². The van der Waals surface area contributed by atoms with Crippen LogP contribution in [0.3, 0.4) is 0 Å². The average Bonchev–Trinajstić information content (AvgIpc) is 3.26. The van der Waals surface area contributed by atoms with Gasteiger partial charge in [0.05, 0.1) is 11.5 Å². The summed E-state index contributed by atoms with van der Waals surface area (Å²) in [5.74, 6) is 1.25. The number of hydrogen-bond acceptors (Lipinski definition) is 7. The second kappa shape index (κ2) is 7.75. The molecule has 0 aromatic carbocycles. The lowest BCUT2D eigenvalue weighted by atomic mass is 10.4. The highest BCUT2D eigenvalue weighted by atomic mass is 32.2. The molecule has 0 spiro atoms. The Bertz CT molecular complexity index is 847. The summed E-state index contributed by atoms with van der Waals surface area (Å²) in [5.41, 5.74) is 0. The summed E-state index contributed by atoms with van der Waals surface area (Å²) in [6, 6.07) is 5.27. The summed E-state index contributed by atoms with van der Waals surface area (Å²) in [4.78, 5) is 20.3. The Morgan fingerprint density at radius 3 is 2.88 bits per heavy atom. The Morgan fingerprint density at radius 1 is 1.40 bits per heavy atom. The minimum absolute atomic E-state index is 0.219. The molecule has 128 valence electrons. The number of carbonyl (C=O) groups is 1. The van der Waals surface area contributed by atoms with Gasteiger partial charge in [0.15, 0.2) is 10.9 Å². The second-order valence-corrected chi connectivity index (χ2v) is 6.31. The van der Waals surface area contributed by atoms with E-state index in [2.05, 4.69) is 32.1 Å². The number of hydrogen-bond donors (Lipinski definition) is 1. The van der Waals surface area contributed by atoms with Gasteiger partial charge in [0.25, 0.3) is 0 Å². The fraction of sp³-hybridized carbons (Fsp3) is 0.188. The molecule has 3 rings (SSSR count). The molecule has 1 amide bonds. The van der Waals surface area contributed by atoms with E-state index in [4.69, 9.17) is 4.42 Å². The predicted molar refractivity (Wildman–Crippen MR) is 93.9 cm³/mol. The Morgan fingerprint density at radius 2 is 2.20 bits per heavy atom. The summed E-state index contributed by atoms with van der Waals surface area (Å²) >= 11 is 1.29. The first-order chi connectivity index (χ1) is 12.2. The molecule has 0 bridgehead atoms. The topological polar surface area (TPSA) is 98.7 Å². The zero-order valence-electron chi connectivity index (χ0n) is 13.5. The smallest absolute Gasteiger partial charge is 0.240 e. The molecule has 0 fully saturated rings. The van der Waals surface area contributed by atoms with Gasteiger partial charge in [0.2, 0.25) is 17.7 Å². The standard InChI is InChI=1S/C16H16N6O2S/c1-3-9-22-13(12-6-4-10-24-12)20-21-16(22)25-11(2)14(23)19-15-17-7-5-8-18-15/h3-8,10-11H,1,9H2,2H3,(H,17,18,19,23). The largest absolute Gasteiger partial charge is 0.461 e. The van der Waals surface area contributed by atoms with E-state index in [-0.39, 0.29) is 11.9 Å². The van der Waals surface area contributed by atoms with Crippen LogP contribution in [0.1, 0.15) is 6.92 Å². The summed E-state index contributed by atoms with van der Waals surface area (Å²) in [7, 11) is 0. The maximum absolute atomic E-state index is 12.3. The van der Waals surface area contributed by atoms with E-state index in [1.807, 2.05) is 4.57 Å². The van der Waals surface area contributed by atoms with Gasteiger partial charge < -0.3 is 4.42 Å². The molecule has 0 aliphatic heterocycles. The molecule has 3 aromatic heterocycles. The molecule has 0 saturated carbocycles. The lowest BCUT2D eigenvalue weighted by molar-refractivity contribution is -0.115. The molecule has 25 heavy (non-hydrogen) atoms. The number of allylic oxidation sites excluding steroid dienone is 1. The van der Waals surface area contributed by atoms with Gasteiger partial charge in [0.1, 0.15) is 0 Å². The van der Waals surface area contributed by atoms with Crippen molar-refractivity contribution in [2.45, 2.75) is 23.9 Å². The highest BCUT2D eigenvalue weighted by Gasteiger charge is 2.21. The van der Waals surface area contributed by atoms with Crippen LogP contribution in [0.15, 0.2) is 59.1 Å². The van der Waals surface area contributed by atoms with Crippen molar-refractivity contribution < 1.29 is 9.21 Å². The van der Waals surface area contributed by atoms with Gasteiger partial charge in [-0.2, -0.15) is 0 Å². The van der Waals surface area contributed by atoms with Crippen LogP contribution < -0.4 is 5.32 Å². The third kappa shape index (κ3) is 3.94. The third-order valence-corrected chi connectivity index (χ3v) is 4.30. The fourth-order valence-electron chi connectivity index (χ4n) is 2.04. The van der Waals surface area contributed by atoms with E-state index < -0.39 is 5.25 Å². The van der Waals surface area contributed by atoms with E-state index in [0.29, 0.717) is 23.3 Å². The van der Waals surface area contributed by atoms with Gasteiger partial charge >= 0.3 is 0 Å². The van der Waals surface area contributed by atoms with Crippen molar-refractivity contribution in [1.29, 1.82) is 0 Å². The van der Waals surface area contributed by atoms with Crippen LogP contribution in [0.2, 0.25) is 0 Å². The summed E-state index contributed by atoms with van der Waals surface area (Å²) in [6.45, 7) is 6.04. The molecule has 0 aliphatic rings. The van der Waals surface area contributed by atoms with Crippen LogP contribution in [0, 0.1) is 0 Å². The van der Waals surface area contributed by atoms with Crippen molar-refractivity contribution in [3.8, 4) is 11.6 Å². The van der Waals surface area contributed by atoms with Crippen LogP contribution in [0.25, 0.3) is 11.6 Å². The Kier molecular flexibility index (Phi) is 5.24. The van der Waals surface area contributed by atoms with Crippen LogP contribution in [-0.2, 0) is 11.3 Å². The van der Waals surface area contributed by atoms with Crippen LogP contribution in [-0.4, -0.2) is 35.9 Å². The number of nitrogens with one attached hydrogen (secondary N) is 1. The molecule has 0 radical (unpaired) electrons. The quantitative estimate of drug-likeness (QED) is 0.513. The summed E-state index contributed by atoms with van der Waals surface area (Å²) in [6.07, 6.45) is 6.45. The van der Waals surface area contributed by atoms with Gasteiger partial charge in [-0.15, -0.1) is 16.8 Å². The van der Waals surface area contributed by atoms with E-state index in [0.717, 1.165) is 0 Å². The molecule has 1 N–H and O–H groups in total. The van der Waals surface area contributed by atoms with Gasteiger partial charge in [0, 0.05) is 18.9 Å². The number of aromatic nitrogens is 5. The maximum Gasteiger partial charge on any atom is 0.240 e. The molecular formula is C16H16N6O2S. The number of furan rings is 1. The number of rotatable bonds is 7. The molecule has 3 heterocycles. The van der Waals surface area contributed by atoms with Crippen molar-refractivity contribution in [3.63, 3.8) is 0 Å². The first-order valence-electron chi connectivity index (χ1n) is 7.51. The van der Waals surface area contributed by atoms with Crippen molar-refractivity contribution in [1.82, 2.24) is 24.7 Å².